The summed E-state index contributed by atoms with van der Waals surface area (Å²) in [6.45, 7) is 1.55. The molecule has 1 aliphatic heterocycles. The first-order chi connectivity index (χ1) is 11.2. The lowest BCUT2D eigenvalue weighted by molar-refractivity contribution is 0.0707. The van der Waals surface area contributed by atoms with Gasteiger partial charge in [-0.25, -0.2) is 0 Å². The number of hydrogen-bond donors (Lipinski definition) is 3. The third-order valence-corrected chi connectivity index (χ3v) is 4.82. The van der Waals surface area contributed by atoms with E-state index in [9.17, 15) is 4.79 Å². The van der Waals surface area contributed by atoms with Gasteiger partial charge in [0.05, 0.1) is 10.9 Å². The van der Waals surface area contributed by atoms with Crippen molar-refractivity contribution < 1.29 is 15.7 Å². The van der Waals surface area contributed by atoms with E-state index in [1.165, 1.54) is 0 Å². The number of aromatic nitrogens is 2. The van der Waals surface area contributed by atoms with E-state index in [4.69, 9.17) is 4.74 Å². The largest absolute Gasteiger partial charge is 0.412 e. The van der Waals surface area contributed by atoms with Gasteiger partial charge in [0.25, 0.3) is 5.56 Å². The van der Waals surface area contributed by atoms with Crippen LogP contribution in [0.25, 0.3) is 22.0 Å². The van der Waals surface area contributed by atoms with Gasteiger partial charge >= 0.3 is 0 Å². The Morgan fingerprint density at radius 1 is 1.08 bits per heavy atom. The molecular weight excluding hydrogens is 354 g/mol. The number of hydrogen-bond acceptors (Lipinski definition) is 4. The minimum atomic E-state index is -0.0433. The minimum Gasteiger partial charge on any atom is -0.412 e. The molecule has 0 unspecified atom stereocenters. The fraction of sp³-hybridized carbons (Fsp3) is 0.278. The summed E-state index contributed by atoms with van der Waals surface area (Å²) in [5.41, 5.74) is 2.96. The molecule has 0 aliphatic carbocycles. The molecule has 1 saturated heterocycles. The third-order valence-electron chi connectivity index (χ3n) is 4.52. The average molecular weight is 379 g/mol. The molecule has 2 aromatic heterocycles. The molecule has 7 nitrogen and oxygen atoms in total. The summed E-state index contributed by atoms with van der Waals surface area (Å²) in [4.78, 5) is 16.1. The molecule has 0 amide bonds. The van der Waals surface area contributed by atoms with Crippen molar-refractivity contribution in [3.05, 3.63) is 53.1 Å². The van der Waals surface area contributed by atoms with E-state index in [0.29, 0.717) is 6.04 Å². The SMILES string of the molecule is N.O.O.O=c1[nH]ccc2c1c(-c1ccc(S)cc1)cn2C1CCOCC1. The Bertz CT molecular complexity index is 899. The number of nitrogens with zero attached hydrogens (tertiary/aromatic N) is 1. The van der Waals surface area contributed by atoms with Crippen molar-refractivity contribution >= 4 is 23.5 Å². The van der Waals surface area contributed by atoms with Gasteiger partial charge in [0.1, 0.15) is 0 Å². The van der Waals surface area contributed by atoms with Crippen molar-refractivity contribution in [1.82, 2.24) is 15.7 Å². The number of ether oxygens (including phenoxy) is 1. The number of fused-ring (bicyclic) bond motifs is 1. The van der Waals surface area contributed by atoms with Crippen LogP contribution in [-0.4, -0.2) is 33.7 Å². The quantitative estimate of drug-likeness (QED) is 0.586. The first-order valence-corrected chi connectivity index (χ1v) is 8.28. The molecule has 0 saturated carbocycles. The third kappa shape index (κ3) is 3.84. The first-order valence-electron chi connectivity index (χ1n) is 7.83. The predicted octanol–water partition coefficient (Wildman–Crippen LogP) is 2.15. The maximum absolute atomic E-state index is 12.4. The molecule has 0 bridgehead atoms. The Morgan fingerprint density at radius 2 is 1.73 bits per heavy atom. The van der Waals surface area contributed by atoms with Crippen LogP contribution in [-0.2, 0) is 4.74 Å². The highest BCUT2D eigenvalue weighted by Gasteiger charge is 2.21. The topological polar surface area (TPSA) is 145 Å². The van der Waals surface area contributed by atoms with E-state index in [1.54, 1.807) is 6.20 Å². The van der Waals surface area contributed by atoms with E-state index in [0.717, 1.165) is 53.0 Å². The van der Waals surface area contributed by atoms with Crippen molar-refractivity contribution in [1.29, 1.82) is 0 Å². The van der Waals surface area contributed by atoms with E-state index in [-0.39, 0.29) is 22.7 Å². The van der Waals surface area contributed by atoms with Crippen LogP contribution in [0.3, 0.4) is 0 Å². The van der Waals surface area contributed by atoms with Crippen molar-refractivity contribution in [2.45, 2.75) is 23.8 Å². The maximum Gasteiger partial charge on any atom is 0.258 e. The molecule has 1 aromatic carbocycles. The van der Waals surface area contributed by atoms with Gasteiger partial charge in [0, 0.05) is 42.1 Å². The van der Waals surface area contributed by atoms with Gasteiger partial charge in [0.2, 0.25) is 0 Å². The van der Waals surface area contributed by atoms with Gasteiger partial charge in [-0.05, 0) is 36.6 Å². The number of benzene rings is 1. The molecule has 0 atom stereocenters. The Labute approximate surface area is 156 Å². The fourth-order valence-corrected chi connectivity index (χ4v) is 3.49. The molecule has 0 radical (unpaired) electrons. The summed E-state index contributed by atoms with van der Waals surface area (Å²) in [7, 11) is 0. The average Bonchev–Trinajstić information content (AvgIpc) is 2.97. The lowest BCUT2D eigenvalue weighted by Gasteiger charge is -2.24. The van der Waals surface area contributed by atoms with Crippen LogP contribution in [0, 0.1) is 0 Å². The molecule has 1 fully saturated rings. The lowest BCUT2D eigenvalue weighted by atomic mass is 10.1. The lowest BCUT2D eigenvalue weighted by Crippen LogP contribution is -2.19. The van der Waals surface area contributed by atoms with Crippen LogP contribution in [0.5, 0.6) is 0 Å². The molecule has 8 N–H and O–H groups in total. The van der Waals surface area contributed by atoms with E-state index in [2.05, 4.69) is 28.4 Å². The van der Waals surface area contributed by atoms with Gasteiger partial charge in [-0.2, -0.15) is 0 Å². The van der Waals surface area contributed by atoms with Crippen molar-refractivity contribution in [2.24, 2.45) is 0 Å². The first kappa shape index (κ1) is 21.9. The van der Waals surface area contributed by atoms with Gasteiger partial charge in [-0.3, -0.25) is 4.79 Å². The van der Waals surface area contributed by atoms with E-state index >= 15 is 0 Å². The number of pyridine rings is 1. The van der Waals surface area contributed by atoms with Crippen LogP contribution in [0.4, 0.5) is 0 Å². The molecule has 1 aliphatic rings. The van der Waals surface area contributed by atoms with Crippen LogP contribution in [0.15, 0.2) is 52.4 Å². The van der Waals surface area contributed by atoms with Crippen LogP contribution >= 0.6 is 12.6 Å². The maximum atomic E-state index is 12.4. The standard InChI is InChI=1S/C18H18N2O2S.H3N.2H2O/c21-18-17-15(12-1-3-14(23)4-2-12)11-20(16(17)5-8-19-18)13-6-9-22-10-7-13;;;/h1-5,8,11,13,23H,6-7,9-10H2,(H,19,21);1H3;2*1H2. The molecule has 8 heteroatoms. The van der Waals surface area contributed by atoms with Gasteiger partial charge in [-0.15, -0.1) is 12.6 Å². The Kier molecular flexibility index (Phi) is 7.61. The predicted molar refractivity (Wildman–Crippen MR) is 107 cm³/mol. The summed E-state index contributed by atoms with van der Waals surface area (Å²) in [6, 6.07) is 10.3. The minimum absolute atomic E-state index is 0. The highest BCUT2D eigenvalue weighted by Crippen LogP contribution is 2.33. The normalized spacial score (nSPS) is 14.2. The summed E-state index contributed by atoms with van der Waals surface area (Å²) < 4.78 is 7.72. The Hall–Kier alpha value is -2.10. The summed E-state index contributed by atoms with van der Waals surface area (Å²) in [5.74, 6) is 0. The van der Waals surface area contributed by atoms with Gasteiger partial charge in [-0.1, -0.05) is 12.1 Å². The fourth-order valence-electron chi connectivity index (χ4n) is 3.34. The molecule has 0 spiro atoms. The van der Waals surface area contributed by atoms with Gasteiger partial charge < -0.3 is 31.4 Å². The van der Waals surface area contributed by atoms with Crippen molar-refractivity contribution in [3.8, 4) is 11.1 Å². The number of nitrogens with one attached hydrogen (secondary N) is 1. The monoisotopic (exact) mass is 379 g/mol. The molecule has 3 aromatic rings. The molecule has 142 valence electrons. The van der Waals surface area contributed by atoms with Gasteiger partial charge in [0.15, 0.2) is 0 Å². The van der Waals surface area contributed by atoms with Crippen LogP contribution in [0.2, 0.25) is 0 Å². The zero-order valence-electron chi connectivity index (χ0n) is 14.4. The highest BCUT2D eigenvalue weighted by molar-refractivity contribution is 7.80. The molecule has 3 heterocycles. The summed E-state index contributed by atoms with van der Waals surface area (Å²) >= 11 is 4.34. The van der Waals surface area contributed by atoms with Crippen LogP contribution < -0.4 is 11.7 Å². The molecular formula is C18H25N3O4S. The highest BCUT2D eigenvalue weighted by atomic mass is 32.1. The number of aromatic amines is 1. The number of rotatable bonds is 2. The molecule has 26 heavy (non-hydrogen) atoms. The van der Waals surface area contributed by atoms with E-state index < -0.39 is 0 Å². The van der Waals surface area contributed by atoms with Crippen molar-refractivity contribution in [2.75, 3.05) is 13.2 Å². The number of thiol groups is 1. The van der Waals surface area contributed by atoms with Crippen molar-refractivity contribution in [3.63, 3.8) is 0 Å². The second-order valence-electron chi connectivity index (χ2n) is 5.91. The second kappa shape index (κ2) is 9.02. The molecule has 4 rings (SSSR count). The summed E-state index contributed by atoms with van der Waals surface area (Å²) in [5, 5.41) is 0.755. The zero-order valence-corrected chi connectivity index (χ0v) is 15.3. The second-order valence-corrected chi connectivity index (χ2v) is 6.42. The Morgan fingerprint density at radius 3 is 2.38 bits per heavy atom. The Balaban J connectivity index is 0.00000113. The smallest absolute Gasteiger partial charge is 0.258 e. The van der Waals surface area contributed by atoms with E-state index in [1.807, 2.05) is 30.3 Å². The summed E-state index contributed by atoms with van der Waals surface area (Å²) in [6.07, 6.45) is 5.79. The van der Waals surface area contributed by atoms with Crippen LogP contribution in [0.1, 0.15) is 18.9 Å². The zero-order chi connectivity index (χ0) is 15.8. The number of H-pyrrole nitrogens is 1.